The Hall–Kier alpha value is -2.90. The van der Waals surface area contributed by atoms with Crippen LogP contribution in [-0.4, -0.2) is 72.0 Å². The summed E-state index contributed by atoms with van der Waals surface area (Å²) in [4.78, 5) is 21.5. The molecule has 1 aromatic carbocycles. The smallest absolute Gasteiger partial charge is 0.336 e. The molecule has 2 aliphatic rings. The van der Waals surface area contributed by atoms with Crippen molar-refractivity contribution in [1.82, 2.24) is 14.5 Å². The molecule has 0 spiro atoms. The summed E-state index contributed by atoms with van der Waals surface area (Å²) >= 11 is 0. The molecule has 2 saturated heterocycles. The van der Waals surface area contributed by atoms with E-state index in [2.05, 4.69) is 45.8 Å². The molecule has 3 aromatic rings. The highest BCUT2D eigenvalue weighted by atomic mass is 16.5. The zero-order chi connectivity index (χ0) is 22.9. The number of fused-ring (bicyclic) bond motifs is 1. The Kier molecular flexibility index (Phi) is 6.08. The summed E-state index contributed by atoms with van der Waals surface area (Å²) in [6.45, 7) is 8.42. The number of benzene rings is 1. The Labute approximate surface area is 194 Å². The van der Waals surface area contributed by atoms with Crippen LogP contribution in [0.3, 0.4) is 0 Å². The molecule has 5 rings (SSSR count). The van der Waals surface area contributed by atoms with Crippen LogP contribution in [0.25, 0.3) is 22.0 Å². The number of aryl methyl sites for hydroxylation is 1. The second kappa shape index (κ2) is 9.15. The molecule has 0 radical (unpaired) electrons. The van der Waals surface area contributed by atoms with Gasteiger partial charge < -0.3 is 24.2 Å². The highest BCUT2D eigenvalue weighted by Crippen LogP contribution is 2.35. The molecule has 0 aliphatic carbocycles. The van der Waals surface area contributed by atoms with E-state index in [1.807, 2.05) is 19.2 Å². The molecular weight excluding hydrogens is 416 g/mol. The quantitative estimate of drug-likeness (QED) is 0.639. The van der Waals surface area contributed by atoms with E-state index >= 15 is 0 Å². The Bertz CT molecular complexity index is 1140. The highest BCUT2D eigenvalue weighted by molar-refractivity contribution is 6.04. The number of pyridine rings is 1. The number of piperazine rings is 1. The fraction of sp³-hybridized carbons (Fsp3) is 0.462. The average Bonchev–Trinajstić information content (AvgIpc) is 3.25. The molecule has 7 nitrogen and oxygen atoms in total. The van der Waals surface area contributed by atoms with Gasteiger partial charge in [-0.1, -0.05) is 0 Å². The van der Waals surface area contributed by atoms with Gasteiger partial charge in [-0.2, -0.15) is 0 Å². The fourth-order valence-electron chi connectivity index (χ4n) is 5.15. The van der Waals surface area contributed by atoms with Crippen molar-refractivity contribution >= 4 is 22.7 Å². The lowest BCUT2D eigenvalue weighted by Crippen LogP contribution is -2.44. The highest BCUT2D eigenvalue weighted by Gasteiger charge is 2.21. The summed E-state index contributed by atoms with van der Waals surface area (Å²) in [5, 5.41) is 11.0. The van der Waals surface area contributed by atoms with Gasteiger partial charge in [0.2, 0.25) is 0 Å². The van der Waals surface area contributed by atoms with Crippen molar-refractivity contribution in [2.75, 3.05) is 51.3 Å². The van der Waals surface area contributed by atoms with Crippen molar-refractivity contribution < 1.29 is 14.6 Å². The maximum Gasteiger partial charge on any atom is 0.336 e. The predicted molar refractivity (Wildman–Crippen MR) is 130 cm³/mol. The van der Waals surface area contributed by atoms with Gasteiger partial charge in [-0.3, -0.25) is 0 Å². The molecule has 7 heteroatoms. The minimum atomic E-state index is -0.892. The van der Waals surface area contributed by atoms with Crippen molar-refractivity contribution in [2.24, 2.45) is 5.92 Å². The molecule has 0 bridgehead atoms. The normalized spacial score (nSPS) is 18.2. The van der Waals surface area contributed by atoms with E-state index in [1.165, 1.54) is 0 Å². The summed E-state index contributed by atoms with van der Waals surface area (Å²) in [6, 6.07) is 8.07. The first kappa shape index (κ1) is 21.9. The summed E-state index contributed by atoms with van der Waals surface area (Å²) in [7, 11) is 2.14. The van der Waals surface area contributed by atoms with Crippen LogP contribution in [0, 0.1) is 12.8 Å². The number of nitrogens with zero attached hydrogens (tertiary/aromatic N) is 4. The van der Waals surface area contributed by atoms with Crippen molar-refractivity contribution in [1.29, 1.82) is 0 Å². The number of anilines is 1. The van der Waals surface area contributed by atoms with Crippen LogP contribution in [0.2, 0.25) is 0 Å². The van der Waals surface area contributed by atoms with Crippen LogP contribution < -0.4 is 4.90 Å². The Morgan fingerprint density at radius 2 is 1.91 bits per heavy atom. The molecule has 174 valence electrons. The van der Waals surface area contributed by atoms with Gasteiger partial charge in [0.1, 0.15) is 5.82 Å². The molecular formula is C26H32N4O3. The van der Waals surface area contributed by atoms with Crippen LogP contribution in [0.1, 0.15) is 28.8 Å². The Morgan fingerprint density at radius 1 is 1.15 bits per heavy atom. The van der Waals surface area contributed by atoms with Gasteiger partial charge in [0, 0.05) is 69.3 Å². The number of rotatable bonds is 5. The Morgan fingerprint density at radius 3 is 2.58 bits per heavy atom. The molecule has 2 aliphatic heterocycles. The minimum absolute atomic E-state index is 0.354. The van der Waals surface area contributed by atoms with E-state index in [9.17, 15) is 9.90 Å². The number of aromatic nitrogens is 2. The van der Waals surface area contributed by atoms with Crippen molar-refractivity contribution in [3.05, 3.63) is 47.8 Å². The molecule has 0 amide bonds. The number of carboxylic acid groups (broad SMARTS) is 1. The van der Waals surface area contributed by atoms with E-state index < -0.39 is 5.97 Å². The Balaban J connectivity index is 1.52. The number of aromatic carboxylic acids is 1. The van der Waals surface area contributed by atoms with Crippen LogP contribution in [0.15, 0.2) is 36.7 Å². The lowest BCUT2D eigenvalue weighted by atomic mass is 9.95. The van der Waals surface area contributed by atoms with Gasteiger partial charge in [0.15, 0.2) is 0 Å². The monoisotopic (exact) mass is 448 g/mol. The van der Waals surface area contributed by atoms with Crippen molar-refractivity contribution in [3.63, 3.8) is 0 Å². The third kappa shape index (κ3) is 4.35. The first-order valence-electron chi connectivity index (χ1n) is 11.8. The largest absolute Gasteiger partial charge is 0.478 e. The lowest BCUT2D eigenvalue weighted by Gasteiger charge is -2.33. The van der Waals surface area contributed by atoms with Crippen LogP contribution in [0.5, 0.6) is 0 Å². The van der Waals surface area contributed by atoms with Gasteiger partial charge in [0.05, 0.1) is 11.1 Å². The zero-order valence-corrected chi connectivity index (χ0v) is 19.5. The summed E-state index contributed by atoms with van der Waals surface area (Å²) < 4.78 is 7.76. The van der Waals surface area contributed by atoms with E-state index in [4.69, 9.17) is 9.72 Å². The first-order chi connectivity index (χ1) is 16.0. The fourth-order valence-corrected chi connectivity index (χ4v) is 5.15. The third-order valence-corrected chi connectivity index (χ3v) is 7.21. The van der Waals surface area contributed by atoms with Crippen LogP contribution >= 0.6 is 0 Å². The number of carbonyl (C=O) groups is 1. The predicted octanol–water partition coefficient (Wildman–Crippen LogP) is 3.89. The molecule has 4 heterocycles. The molecule has 0 unspecified atom stereocenters. The average molecular weight is 449 g/mol. The second-order valence-corrected chi connectivity index (χ2v) is 9.38. The lowest BCUT2D eigenvalue weighted by molar-refractivity contribution is 0.0616. The molecule has 0 atom stereocenters. The minimum Gasteiger partial charge on any atom is -0.478 e. The molecule has 2 aromatic heterocycles. The van der Waals surface area contributed by atoms with Crippen LogP contribution in [-0.2, 0) is 11.3 Å². The topological polar surface area (TPSA) is 70.8 Å². The second-order valence-electron chi connectivity index (χ2n) is 9.38. The van der Waals surface area contributed by atoms with E-state index in [0.717, 1.165) is 92.2 Å². The van der Waals surface area contributed by atoms with Gasteiger partial charge >= 0.3 is 5.97 Å². The molecule has 0 saturated carbocycles. The number of hydrogen-bond acceptors (Lipinski definition) is 5. The van der Waals surface area contributed by atoms with Gasteiger partial charge in [-0.15, -0.1) is 0 Å². The third-order valence-electron chi connectivity index (χ3n) is 7.21. The molecule has 2 fully saturated rings. The van der Waals surface area contributed by atoms with E-state index in [-0.39, 0.29) is 0 Å². The van der Waals surface area contributed by atoms with Crippen molar-refractivity contribution in [3.8, 4) is 11.1 Å². The molecule has 33 heavy (non-hydrogen) atoms. The standard InChI is InChI=1S/C26H32N4O3/c1-18-22(26(31)32)15-23(20-3-4-24(27-16-20)29-11-9-28(2)10-12-29)21-5-8-30(25(18)21)17-19-6-13-33-14-7-19/h3-5,8,15-16,19H,6-7,9-14,17H2,1-2H3,(H,31,32). The van der Waals surface area contributed by atoms with E-state index in [1.54, 1.807) is 0 Å². The number of hydrogen-bond donors (Lipinski definition) is 1. The van der Waals surface area contributed by atoms with Gasteiger partial charge in [0.25, 0.3) is 0 Å². The first-order valence-corrected chi connectivity index (χ1v) is 11.8. The summed E-state index contributed by atoms with van der Waals surface area (Å²) in [5.41, 5.74) is 4.06. The van der Waals surface area contributed by atoms with Gasteiger partial charge in [-0.05, 0) is 68.1 Å². The SMILES string of the molecule is Cc1c(C(=O)O)cc(-c2ccc(N3CCN(C)CC3)nc2)c2ccn(CC3CCOCC3)c12. The van der Waals surface area contributed by atoms with Crippen LogP contribution in [0.4, 0.5) is 5.82 Å². The van der Waals surface area contributed by atoms with Gasteiger partial charge in [-0.25, -0.2) is 9.78 Å². The van der Waals surface area contributed by atoms with E-state index in [0.29, 0.717) is 11.5 Å². The maximum atomic E-state index is 12.1. The zero-order valence-electron chi connectivity index (χ0n) is 19.5. The van der Waals surface area contributed by atoms with Crippen molar-refractivity contribution in [2.45, 2.75) is 26.3 Å². The summed E-state index contributed by atoms with van der Waals surface area (Å²) in [5.74, 6) is 0.637. The molecule has 1 N–H and O–H groups in total. The summed E-state index contributed by atoms with van der Waals surface area (Å²) in [6.07, 6.45) is 6.08. The maximum absolute atomic E-state index is 12.1. The number of carboxylic acids is 1. The number of likely N-dealkylation sites (N-methyl/N-ethyl adjacent to an activating group) is 1. The number of ether oxygens (including phenoxy) is 1.